The van der Waals surface area contributed by atoms with E-state index in [1.54, 1.807) is 19.2 Å². The molecule has 0 radical (unpaired) electrons. The third-order valence-electron chi connectivity index (χ3n) is 5.05. The van der Waals surface area contributed by atoms with E-state index in [1.165, 1.54) is 11.8 Å². The Bertz CT molecular complexity index is 1010. The molecule has 0 bridgehead atoms. The molecule has 0 fully saturated rings. The third kappa shape index (κ3) is 6.48. The van der Waals surface area contributed by atoms with Crippen LogP contribution < -0.4 is 10.1 Å². The molecule has 1 unspecified atom stereocenters. The van der Waals surface area contributed by atoms with Crippen LogP contribution in [0.4, 0.5) is 0 Å². The maximum atomic E-state index is 12.5. The van der Waals surface area contributed by atoms with Gasteiger partial charge in [0.05, 0.1) is 18.9 Å². The number of hydrogen-bond donors (Lipinski definition) is 1. The molecule has 0 aliphatic rings. The lowest BCUT2D eigenvalue weighted by Crippen LogP contribution is -2.38. The average Bonchev–Trinajstić information content (AvgIpc) is 3.30. The number of hydrogen-bond acceptors (Lipinski definition) is 7. The molecule has 1 N–H and O–H groups in total. The number of carbonyl (C=O) groups is 1. The maximum absolute atomic E-state index is 12.5. The van der Waals surface area contributed by atoms with Crippen LogP contribution in [0.1, 0.15) is 25.5 Å². The van der Waals surface area contributed by atoms with Gasteiger partial charge >= 0.3 is 0 Å². The molecule has 1 amide bonds. The number of likely N-dealkylation sites (N-methyl/N-ethyl adjacent to an activating group) is 1. The Balaban J connectivity index is 1.57. The van der Waals surface area contributed by atoms with Crippen LogP contribution >= 0.6 is 23.4 Å². The fourth-order valence-electron chi connectivity index (χ4n) is 3.34. The zero-order valence-electron chi connectivity index (χ0n) is 18.4. The summed E-state index contributed by atoms with van der Waals surface area (Å²) >= 11 is 7.12. The van der Waals surface area contributed by atoms with Crippen molar-refractivity contribution in [2.45, 2.75) is 25.1 Å². The lowest BCUT2D eigenvalue weighted by Gasteiger charge is -2.30. The van der Waals surface area contributed by atoms with Crippen molar-refractivity contribution < 1.29 is 13.9 Å². The molecule has 0 aliphatic heterocycles. The number of amides is 1. The van der Waals surface area contributed by atoms with Crippen molar-refractivity contribution >= 4 is 29.3 Å². The van der Waals surface area contributed by atoms with Crippen molar-refractivity contribution in [1.82, 2.24) is 20.4 Å². The van der Waals surface area contributed by atoms with Gasteiger partial charge in [0, 0.05) is 17.1 Å². The minimum absolute atomic E-state index is 0.0500. The molecule has 1 heterocycles. The highest BCUT2D eigenvalue weighted by atomic mass is 35.5. The molecule has 9 heteroatoms. The van der Waals surface area contributed by atoms with Crippen molar-refractivity contribution in [3.63, 3.8) is 0 Å². The van der Waals surface area contributed by atoms with Gasteiger partial charge in [-0.2, -0.15) is 0 Å². The summed E-state index contributed by atoms with van der Waals surface area (Å²) < 4.78 is 11.0. The van der Waals surface area contributed by atoms with Crippen LogP contribution in [0.15, 0.2) is 58.2 Å². The van der Waals surface area contributed by atoms with Gasteiger partial charge in [-0.05, 0) is 55.1 Å². The second-order valence-corrected chi connectivity index (χ2v) is 8.35. The lowest BCUT2D eigenvalue weighted by atomic mass is 10.0. The molecule has 0 saturated carbocycles. The Hall–Kier alpha value is -2.55. The highest BCUT2D eigenvalue weighted by molar-refractivity contribution is 7.99. The van der Waals surface area contributed by atoms with Gasteiger partial charge in [-0.1, -0.05) is 49.3 Å². The minimum Gasteiger partial charge on any atom is -0.497 e. The first-order valence-corrected chi connectivity index (χ1v) is 11.8. The Kier molecular flexibility index (Phi) is 8.96. The monoisotopic (exact) mass is 474 g/mol. The Morgan fingerprint density at radius 3 is 2.62 bits per heavy atom. The zero-order chi connectivity index (χ0) is 22.9. The standard InChI is InChI=1S/C23H27ClN4O3S/c1-4-28(5-2)20(17-7-6-8-19(13-17)30-3)14-25-21(29)15-32-23-27-26-22(31-23)16-9-11-18(24)12-10-16/h6-13,20H,4-5,14-15H2,1-3H3,(H,25,29). The third-order valence-corrected chi connectivity index (χ3v) is 6.12. The number of nitrogens with zero attached hydrogens (tertiary/aromatic N) is 3. The van der Waals surface area contributed by atoms with Crippen molar-refractivity contribution in [2.24, 2.45) is 0 Å². The number of methoxy groups -OCH3 is 1. The summed E-state index contributed by atoms with van der Waals surface area (Å²) in [5.41, 5.74) is 1.88. The van der Waals surface area contributed by atoms with Gasteiger partial charge in [-0.3, -0.25) is 9.69 Å². The van der Waals surface area contributed by atoms with Crippen LogP contribution in [0, 0.1) is 0 Å². The van der Waals surface area contributed by atoms with Crippen molar-refractivity contribution in [1.29, 1.82) is 0 Å². The van der Waals surface area contributed by atoms with Gasteiger partial charge in [0.15, 0.2) is 0 Å². The van der Waals surface area contributed by atoms with Gasteiger partial charge in [-0.15, -0.1) is 10.2 Å². The van der Waals surface area contributed by atoms with E-state index >= 15 is 0 Å². The number of nitrogens with one attached hydrogen (secondary N) is 1. The Labute approximate surface area is 197 Å². The first kappa shape index (κ1) is 24.1. The zero-order valence-corrected chi connectivity index (χ0v) is 19.9. The number of rotatable bonds is 11. The highest BCUT2D eigenvalue weighted by Gasteiger charge is 2.20. The van der Waals surface area contributed by atoms with Gasteiger partial charge < -0.3 is 14.5 Å². The smallest absolute Gasteiger partial charge is 0.277 e. The van der Waals surface area contributed by atoms with Crippen LogP contribution in [0.5, 0.6) is 5.75 Å². The molecule has 1 atom stereocenters. The summed E-state index contributed by atoms with van der Waals surface area (Å²) in [4.78, 5) is 14.8. The summed E-state index contributed by atoms with van der Waals surface area (Å²) in [7, 11) is 1.65. The summed E-state index contributed by atoms with van der Waals surface area (Å²) in [5.74, 6) is 1.28. The number of thioether (sulfide) groups is 1. The van der Waals surface area contributed by atoms with E-state index < -0.39 is 0 Å². The highest BCUT2D eigenvalue weighted by Crippen LogP contribution is 2.25. The molecule has 3 aromatic rings. The van der Waals surface area contributed by atoms with Crippen LogP contribution in [-0.2, 0) is 4.79 Å². The van der Waals surface area contributed by atoms with Crippen molar-refractivity contribution in [3.8, 4) is 17.2 Å². The first-order valence-electron chi connectivity index (χ1n) is 10.4. The van der Waals surface area contributed by atoms with E-state index in [0.717, 1.165) is 30.0 Å². The minimum atomic E-state index is -0.0960. The molecule has 32 heavy (non-hydrogen) atoms. The van der Waals surface area contributed by atoms with E-state index in [-0.39, 0.29) is 17.7 Å². The predicted octanol–water partition coefficient (Wildman–Crippen LogP) is 4.69. The quantitative estimate of drug-likeness (QED) is 0.404. The Morgan fingerprint density at radius 2 is 1.94 bits per heavy atom. The number of halogens is 1. The van der Waals surface area contributed by atoms with E-state index in [0.29, 0.717) is 22.7 Å². The second-order valence-electron chi connectivity index (χ2n) is 6.99. The van der Waals surface area contributed by atoms with Gasteiger partial charge in [0.25, 0.3) is 5.22 Å². The number of benzene rings is 2. The summed E-state index contributed by atoms with van der Waals surface area (Å²) in [6, 6.07) is 15.1. The molecule has 0 saturated heterocycles. The molecule has 7 nitrogen and oxygen atoms in total. The lowest BCUT2D eigenvalue weighted by molar-refractivity contribution is -0.118. The van der Waals surface area contributed by atoms with Crippen LogP contribution in [0.3, 0.4) is 0 Å². The topological polar surface area (TPSA) is 80.5 Å². The van der Waals surface area contributed by atoms with Gasteiger partial charge in [0.1, 0.15) is 5.75 Å². The first-order chi connectivity index (χ1) is 15.5. The normalized spacial score (nSPS) is 12.0. The van der Waals surface area contributed by atoms with Crippen LogP contribution in [-0.4, -0.2) is 53.5 Å². The molecule has 170 valence electrons. The van der Waals surface area contributed by atoms with E-state index in [2.05, 4.69) is 40.3 Å². The number of carbonyl (C=O) groups excluding carboxylic acids is 1. The van der Waals surface area contributed by atoms with Crippen LogP contribution in [0.2, 0.25) is 5.02 Å². The molecule has 2 aromatic carbocycles. The molecule has 0 spiro atoms. The molecular formula is C23H27ClN4O3S. The molecule has 1 aromatic heterocycles. The van der Waals surface area contributed by atoms with Crippen LogP contribution in [0.25, 0.3) is 11.5 Å². The summed E-state index contributed by atoms with van der Waals surface area (Å²) in [6.45, 7) is 6.47. The summed E-state index contributed by atoms with van der Waals surface area (Å²) in [5, 5.41) is 12.1. The molecule has 0 aliphatic carbocycles. The largest absolute Gasteiger partial charge is 0.497 e. The SMILES string of the molecule is CCN(CC)C(CNC(=O)CSc1nnc(-c2ccc(Cl)cc2)o1)c1cccc(OC)c1. The predicted molar refractivity (Wildman–Crippen MR) is 127 cm³/mol. The fourth-order valence-corrected chi connectivity index (χ4v) is 4.06. The average molecular weight is 475 g/mol. The van der Waals surface area contributed by atoms with Crippen molar-refractivity contribution in [2.75, 3.05) is 32.5 Å². The fraction of sp³-hybridized carbons (Fsp3) is 0.348. The number of aromatic nitrogens is 2. The molecule has 3 rings (SSSR count). The maximum Gasteiger partial charge on any atom is 0.277 e. The van der Waals surface area contributed by atoms with E-state index in [9.17, 15) is 4.79 Å². The van der Waals surface area contributed by atoms with E-state index in [4.69, 9.17) is 20.8 Å². The summed E-state index contributed by atoms with van der Waals surface area (Å²) in [6.07, 6.45) is 0. The van der Waals surface area contributed by atoms with E-state index in [1.807, 2.05) is 30.3 Å². The second kappa shape index (κ2) is 11.9. The van der Waals surface area contributed by atoms with Crippen molar-refractivity contribution in [3.05, 3.63) is 59.1 Å². The van der Waals surface area contributed by atoms with Gasteiger partial charge in [0.2, 0.25) is 11.8 Å². The Morgan fingerprint density at radius 1 is 1.19 bits per heavy atom. The molecular weight excluding hydrogens is 448 g/mol. The number of ether oxygens (including phenoxy) is 1. The van der Waals surface area contributed by atoms with Gasteiger partial charge in [-0.25, -0.2) is 0 Å².